The third kappa shape index (κ3) is 3.61. The molecule has 4 rings (SSSR count). The Morgan fingerprint density at radius 1 is 0.960 bits per heavy atom. The van der Waals surface area contributed by atoms with Crippen molar-refractivity contribution in [3.05, 3.63) is 76.4 Å². The molecule has 3 nitrogen and oxygen atoms in total. The van der Waals surface area contributed by atoms with Gasteiger partial charge >= 0.3 is 0 Å². The van der Waals surface area contributed by atoms with Gasteiger partial charge < -0.3 is 5.32 Å². The Labute approximate surface area is 157 Å². The standard InChI is InChI=1S/C21H22BrN3/c22-17-8-6-16(7-9-17)21(25-14-3-11-23-13-15-25)19-10-12-24-20-5-2-1-4-18(19)20/h1-2,4-10,12,21,23H,3,11,13-15H2. The van der Waals surface area contributed by atoms with Crippen molar-refractivity contribution in [1.82, 2.24) is 15.2 Å². The number of pyridine rings is 1. The minimum atomic E-state index is 0.251. The first-order valence-electron chi connectivity index (χ1n) is 8.87. The number of aromatic nitrogens is 1. The largest absolute Gasteiger partial charge is 0.315 e. The first-order valence-corrected chi connectivity index (χ1v) is 9.66. The van der Waals surface area contributed by atoms with E-state index in [9.17, 15) is 0 Å². The number of benzene rings is 2. The van der Waals surface area contributed by atoms with E-state index in [0.717, 1.165) is 36.2 Å². The van der Waals surface area contributed by atoms with Gasteiger partial charge in [-0.1, -0.05) is 46.3 Å². The Morgan fingerprint density at radius 2 is 1.80 bits per heavy atom. The molecule has 1 saturated heterocycles. The van der Waals surface area contributed by atoms with Crippen molar-refractivity contribution in [3.63, 3.8) is 0 Å². The fraction of sp³-hybridized carbons (Fsp3) is 0.286. The van der Waals surface area contributed by atoms with Crippen LogP contribution in [0.5, 0.6) is 0 Å². The maximum atomic E-state index is 4.56. The van der Waals surface area contributed by atoms with Crippen LogP contribution >= 0.6 is 15.9 Å². The Balaban J connectivity index is 1.85. The number of hydrogen-bond donors (Lipinski definition) is 1. The van der Waals surface area contributed by atoms with E-state index in [4.69, 9.17) is 0 Å². The topological polar surface area (TPSA) is 28.2 Å². The van der Waals surface area contributed by atoms with Crippen molar-refractivity contribution >= 4 is 26.8 Å². The summed E-state index contributed by atoms with van der Waals surface area (Å²) in [6.07, 6.45) is 3.12. The zero-order chi connectivity index (χ0) is 17.1. The van der Waals surface area contributed by atoms with Gasteiger partial charge in [0, 0.05) is 35.7 Å². The number of hydrogen-bond acceptors (Lipinski definition) is 3. The third-order valence-electron chi connectivity index (χ3n) is 4.90. The van der Waals surface area contributed by atoms with Crippen molar-refractivity contribution < 1.29 is 0 Å². The molecular formula is C21H22BrN3. The van der Waals surface area contributed by atoms with Crippen LogP contribution in [-0.2, 0) is 0 Å². The number of nitrogens with one attached hydrogen (secondary N) is 1. The highest BCUT2D eigenvalue weighted by molar-refractivity contribution is 9.10. The lowest BCUT2D eigenvalue weighted by atomic mass is 9.94. The molecule has 4 heteroatoms. The molecule has 2 heterocycles. The first-order chi connectivity index (χ1) is 12.3. The van der Waals surface area contributed by atoms with Crippen LogP contribution in [-0.4, -0.2) is 36.1 Å². The van der Waals surface area contributed by atoms with E-state index in [0.29, 0.717) is 0 Å². The molecule has 1 fully saturated rings. The zero-order valence-corrected chi connectivity index (χ0v) is 15.7. The number of para-hydroxylation sites is 1. The summed E-state index contributed by atoms with van der Waals surface area (Å²) in [6, 6.07) is 19.7. The van der Waals surface area contributed by atoms with E-state index in [1.807, 2.05) is 6.20 Å². The number of fused-ring (bicyclic) bond motifs is 1. The van der Waals surface area contributed by atoms with E-state index in [1.165, 1.54) is 22.9 Å². The molecule has 128 valence electrons. The Kier molecular flexibility index (Phi) is 5.11. The van der Waals surface area contributed by atoms with Crippen molar-refractivity contribution in [2.75, 3.05) is 26.2 Å². The van der Waals surface area contributed by atoms with Gasteiger partial charge in [0.1, 0.15) is 0 Å². The van der Waals surface area contributed by atoms with E-state index in [2.05, 4.69) is 85.7 Å². The van der Waals surface area contributed by atoms with E-state index >= 15 is 0 Å². The highest BCUT2D eigenvalue weighted by atomic mass is 79.9. The summed E-state index contributed by atoms with van der Waals surface area (Å²) in [4.78, 5) is 7.16. The molecule has 0 aliphatic carbocycles. The molecular weight excluding hydrogens is 374 g/mol. The lowest BCUT2D eigenvalue weighted by Crippen LogP contribution is -2.33. The number of nitrogens with zero attached hydrogens (tertiary/aromatic N) is 2. The Bertz CT molecular complexity index is 834. The van der Waals surface area contributed by atoms with Crippen LogP contribution in [0.2, 0.25) is 0 Å². The van der Waals surface area contributed by atoms with Gasteiger partial charge in [0.25, 0.3) is 0 Å². The molecule has 3 aromatic rings. The Morgan fingerprint density at radius 3 is 2.68 bits per heavy atom. The molecule has 25 heavy (non-hydrogen) atoms. The average molecular weight is 396 g/mol. The summed E-state index contributed by atoms with van der Waals surface area (Å²) in [6.45, 7) is 4.29. The molecule has 1 aliphatic rings. The zero-order valence-electron chi connectivity index (χ0n) is 14.2. The van der Waals surface area contributed by atoms with Crippen molar-refractivity contribution in [2.45, 2.75) is 12.5 Å². The van der Waals surface area contributed by atoms with Gasteiger partial charge in [-0.2, -0.15) is 0 Å². The molecule has 0 saturated carbocycles. The second-order valence-corrected chi connectivity index (χ2v) is 7.43. The normalized spacial score (nSPS) is 17.3. The van der Waals surface area contributed by atoms with Crippen LogP contribution < -0.4 is 5.32 Å². The monoisotopic (exact) mass is 395 g/mol. The van der Waals surface area contributed by atoms with Gasteiger partial charge in [0.15, 0.2) is 0 Å². The lowest BCUT2D eigenvalue weighted by Gasteiger charge is -2.32. The third-order valence-corrected chi connectivity index (χ3v) is 5.43. The molecule has 2 aromatic carbocycles. The molecule has 0 spiro atoms. The molecule has 1 unspecified atom stereocenters. The van der Waals surface area contributed by atoms with Gasteiger partial charge in [0.2, 0.25) is 0 Å². The van der Waals surface area contributed by atoms with Gasteiger partial charge in [0.05, 0.1) is 11.6 Å². The summed E-state index contributed by atoms with van der Waals surface area (Å²) in [5, 5.41) is 4.77. The average Bonchev–Trinajstić information content (AvgIpc) is 2.93. The SMILES string of the molecule is Brc1ccc(C(c2ccnc3ccccc23)N2CCCNCC2)cc1. The lowest BCUT2D eigenvalue weighted by molar-refractivity contribution is 0.242. The predicted molar refractivity (Wildman–Crippen MR) is 107 cm³/mol. The second kappa shape index (κ2) is 7.65. The summed E-state index contributed by atoms with van der Waals surface area (Å²) < 4.78 is 1.12. The molecule has 0 amide bonds. The fourth-order valence-corrected chi connectivity index (χ4v) is 3.98. The van der Waals surface area contributed by atoms with Gasteiger partial charge in [-0.3, -0.25) is 9.88 Å². The van der Waals surface area contributed by atoms with E-state index in [1.54, 1.807) is 0 Å². The van der Waals surface area contributed by atoms with E-state index < -0.39 is 0 Å². The summed E-state index contributed by atoms with van der Waals surface area (Å²) in [5.74, 6) is 0. The summed E-state index contributed by atoms with van der Waals surface area (Å²) in [7, 11) is 0. The smallest absolute Gasteiger partial charge is 0.0705 e. The molecule has 0 bridgehead atoms. The molecule has 1 atom stereocenters. The molecule has 1 N–H and O–H groups in total. The van der Waals surface area contributed by atoms with Crippen molar-refractivity contribution in [3.8, 4) is 0 Å². The quantitative estimate of drug-likeness (QED) is 0.712. The maximum absolute atomic E-state index is 4.56. The molecule has 0 radical (unpaired) electrons. The summed E-state index contributed by atoms with van der Waals surface area (Å²) >= 11 is 3.57. The second-order valence-electron chi connectivity index (χ2n) is 6.51. The van der Waals surface area contributed by atoms with Crippen LogP contribution in [0.4, 0.5) is 0 Å². The highest BCUT2D eigenvalue weighted by Gasteiger charge is 2.24. The van der Waals surface area contributed by atoms with E-state index in [-0.39, 0.29) is 6.04 Å². The molecule has 1 aromatic heterocycles. The van der Waals surface area contributed by atoms with Gasteiger partial charge in [-0.15, -0.1) is 0 Å². The predicted octanol–water partition coefficient (Wildman–Crippen LogP) is 4.38. The minimum Gasteiger partial charge on any atom is -0.315 e. The van der Waals surface area contributed by atoms with Crippen LogP contribution in [0.1, 0.15) is 23.6 Å². The Hall–Kier alpha value is -1.75. The maximum Gasteiger partial charge on any atom is 0.0705 e. The van der Waals surface area contributed by atoms with Gasteiger partial charge in [-0.25, -0.2) is 0 Å². The minimum absolute atomic E-state index is 0.251. The van der Waals surface area contributed by atoms with Gasteiger partial charge in [-0.05, 0) is 48.4 Å². The van der Waals surface area contributed by atoms with Crippen LogP contribution in [0.25, 0.3) is 10.9 Å². The van der Waals surface area contributed by atoms with Crippen LogP contribution in [0.15, 0.2) is 65.3 Å². The van der Waals surface area contributed by atoms with Crippen LogP contribution in [0, 0.1) is 0 Å². The van der Waals surface area contributed by atoms with Crippen LogP contribution in [0.3, 0.4) is 0 Å². The first kappa shape index (κ1) is 16.7. The highest BCUT2D eigenvalue weighted by Crippen LogP contribution is 2.33. The molecule has 1 aliphatic heterocycles. The number of halogens is 1. The summed E-state index contributed by atoms with van der Waals surface area (Å²) in [5.41, 5.74) is 3.74. The number of rotatable bonds is 3. The van der Waals surface area contributed by atoms with Crippen molar-refractivity contribution in [1.29, 1.82) is 0 Å². The fourth-order valence-electron chi connectivity index (χ4n) is 3.71. The van der Waals surface area contributed by atoms with Crippen molar-refractivity contribution in [2.24, 2.45) is 0 Å².